The molecule has 1 aliphatic heterocycles. The van der Waals surface area contributed by atoms with E-state index < -0.39 is 53.4 Å². The molecule has 2 heterocycles. The first-order valence-electron chi connectivity index (χ1n) is 20.3. The highest BCUT2D eigenvalue weighted by Crippen LogP contribution is 2.47. The van der Waals surface area contributed by atoms with Gasteiger partial charge in [-0.25, -0.2) is 13.8 Å². The fraction of sp³-hybridized carbons (Fsp3) is 0.216. The predicted octanol–water partition coefficient (Wildman–Crippen LogP) is 6.86. The topological polar surface area (TPSA) is 131 Å². The van der Waals surface area contributed by atoms with Crippen molar-refractivity contribution in [1.82, 2.24) is 9.13 Å². The minimum Gasteiger partial charge on any atom is -0.497 e. The summed E-state index contributed by atoms with van der Waals surface area (Å²) in [7, 11) is 6.20. The van der Waals surface area contributed by atoms with Gasteiger partial charge >= 0.3 is 5.69 Å². The highest BCUT2D eigenvalue weighted by atomic mass is 19.1. The van der Waals surface area contributed by atoms with Crippen LogP contribution in [-0.4, -0.2) is 72.8 Å². The van der Waals surface area contributed by atoms with E-state index in [0.717, 1.165) is 9.13 Å². The second-order valence-electron chi connectivity index (χ2n) is 15.2. The summed E-state index contributed by atoms with van der Waals surface area (Å²) in [6.07, 6.45) is -5.80. The quantitative estimate of drug-likeness (QED) is 0.113. The molecule has 0 bridgehead atoms. The number of nitrogens with zero attached hydrogens (tertiary/aromatic N) is 2. The smallest absolute Gasteiger partial charge is 0.334 e. The van der Waals surface area contributed by atoms with Crippen LogP contribution < -0.4 is 30.2 Å². The van der Waals surface area contributed by atoms with E-state index in [0.29, 0.717) is 56.4 Å². The summed E-state index contributed by atoms with van der Waals surface area (Å²) in [5.74, 6) is 2.17. The van der Waals surface area contributed by atoms with Crippen LogP contribution in [0.4, 0.5) is 4.39 Å². The minimum atomic E-state index is -2.19. The molecule has 0 aliphatic carbocycles. The van der Waals surface area contributed by atoms with Crippen LogP contribution in [-0.2, 0) is 15.7 Å². The van der Waals surface area contributed by atoms with Gasteiger partial charge < -0.3 is 33.9 Å². The van der Waals surface area contributed by atoms with Crippen LogP contribution in [0, 0.1) is 0 Å². The molecule has 12 heteroatoms. The predicted molar refractivity (Wildman–Crippen MR) is 236 cm³/mol. The molecular formula is C51H47FN2O9. The van der Waals surface area contributed by atoms with Gasteiger partial charge in [0.15, 0.2) is 12.4 Å². The molecule has 6 aromatic carbocycles. The number of ether oxygens (including phenoxy) is 5. The Morgan fingerprint density at radius 3 is 1.32 bits per heavy atom. The Morgan fingerprint density at radius 1 is 0.571 bits per heavy atom. The zero-order chi connectivity index (χ0) is 44.3. The first kappa shape index (κ1) is 42.7. The Balaban J connectivity index is 1.63. The van der Waals surface area contributed by atoms with E-state index in [9.17, 15) is 10.2 Å². The number of alkyl halides is 1. The molecule has 2 unspecified atom stereocenters. The minimum absolute atomic E-state index is 0.0312. The number of hydrogen-bond acceptors (Lipinski definition) is 9. The molecule has 322 valence electrons. The van der Waals surface area contributed by atoms with Crippen molar-refractivity contribution in [3.8, 4) is 23.0 Å². The normalized spacial score (nSPS) is 17.6. The van der Waals surface area contributed by atoms with E-state index >= 15 is 14.0 Å². The maximum Gasteiger partial charge on any atom is 0.334 e. The van der Waals surface area contributed by atoms with Crippen molar-refractivity contribution in [2.24, 2.45) is 0 Å². The van der Waals surface area contributed by atoms with E-state index in [1.54, 1.807) is 101 Å². The van der Waals surface area contributed by atoms with Gasteiger partial charge in [0.05, 0.1) is 46.0 Å². The molecule has 1 saturated heterocycles. The summed E-state index contributed by atoms with van der Waals surface area (Å²) >= 11 is 0. The lowest BCUT2D eigenvalue weighted by atomic mass is 9.65. The van der Waals surface area contributed by atoms with Crippen LogP contribution in [0.1, 0.15) is 45.2 Å². The highest BCUT2D eigenvalue weighted by Gasteiger charge is 2.50. The van der Waals surface area contributed by atoms with Crippen LogP contribution in [0.3, 0.4) is 0 Å². The Hall–Kier alpha value is -6.99. The molecule has 1 aliphatic rings. The molecule has 4 atom stereocenters. The third-order valence-electron chi connectivity index (χ3n) is 12.1. The average molecular weight is 851 g/mol. The number of methoxy groups -OCH3 is 4. The standard InChI is InChI=1S/C51H47FN2O9/c1-59-39-23-15-34(16-24-39)50(33-11-7-5-8-12-33,35-17-25-40(60-2)26-18-35)43-31-53(48-45(52)46(56)44(32-55)63-48)49(58)54(47(43)57)51(36-13-9-6-10-14-36,37-19-27-41(61-3)28-20-37)38-21-29-42(62-4)30-22-38/h5-31,44-46,48,55-56H,32H2,1-4H3/t44-,45?,46?,48-/m0/s1. The summed E-state index contributed by atoms with van der Waals surface area (Å²) in [5.41, 5.74) is -1.66. The Labute approximate surface area is 363 Å². The highest BCUT2D eigenvalue weighted by molar-refractivity contribution is 5.61. The van der Waals surface area contributed by atoms with Crippen molar-refractivity contribution in [3.05, 3.63) is 224 Å². The lowest BCUT2D eigenvalue weighted by Crippen LogP contribution is -2.57. The molecule has 11 nitrogen and oxygen atoms in total. The van der Waals surface area contributed by atoms with Crippen molar-refractivity contribution in [1.29, 1.82) is 0 Å². The van der Waals surface area contributed by atoms with Gasteiger partial charge in [0, 0.05) is 6.20 Å². The number of benzene rings is 6. The van der Waals surface area contributed by atoms with Crippen molar-refractivity contribution < 1.29 is 38.3 Å². The Kier molecular flexibility index (Phi) is 12.0. The summed E-state index contributed by atoms with van der Waals surface area (Å²) in [6, 6.07) is 47.1. The molecule has 1 aromatic heterocycles. The van der Waals surface area contributed by atoms with Gasteiger partial charge in [-0.05, 0) is 81.9 Å². The number of hydrogen-bond donors (Lipinski definition) is 2. The summed E-state index contributed by atoms with van der Waals surface area (Å²) in [6.45, 7) is -0.726. The fourth-order valence-corrected chi connectivity index (χ4v) is 8.95. The van der Waals surface area contributed by atoms with Gasteiger partial charge in [-0.2, -0.15) is 0 Å². The van der Waals surface area contributed by atoms with Crippen LogP contribution in [0.2, 0.25) is 0 Å². The number of halogens is 1. The molecule has 7 aromatic rings. The van der Waals surface area contributed by atoms with Gasteiger partial charge in [0.25, 0.3) is 5.56 Å². The van der Waals surface area contributed by atoms with Gasteiger partial charge in [-0.3, -0.25) is 9.36 Å². The fourth-order valence-electron chi connectivity index (χ4n) is 8.95. The molecule has 0 spiro atoms. The van der Waals surface area contributed by atoms with Crippen LogP contribution in [0.25, 0.3) is 0 Å². The van der Waals surface area contributed by atoms with Crippen LogP contribution in [0.15, 0.2) is 174 Å². The van der Waals surface area contributed by atoms with Crippen molar-refractivity contribution in [2.75, 3.05) is 35.0 Å². The van der Waals surface area contributed by atoms with E-state index in [1.165, 1.54) is 6.20 Å². The average Bonchev–Trinajstić information content (AvgIpc) is 3.63. The van der Waals surface area contributed by atoms with E-state index in [1.807, 2.05) is 84.9 Å². The summed E-state index contributed by atoms with van der Waals surface area (Å²) < 4.78 is 47.3. The molecule has 8 rings (SSSR count). The molecule has 0 saturated carbocycles. The van der Waals surface area contributed by atoms with E-state index in [2.05, 4.69) is 0 Å². The number of aromatic nitrogens is 2. The molecule has 0 radical (unpaired) electrons. The van der Waals surface area contributed by atoms with Gasteiger partial charge in [-0.1, -0.05) is 109 Å². The largest absolute Gasteiger partial charge is 0.497 e. The van der Waals surface area contributed by atoms with Crippen LogP contribution >= 0.6 is 0 Å². The Morgan fingerprint density at radius 2 is 0.937 bits per heavy atom. The number of rotatable bonds is 14. The molecule has 63 heavy (non-hydrogen) atoms. The molecule has 1 fully saturated rings. The van der Waals surface area contributed by atoms with Crippen molar-refractivity contribution in [2.45, 2.75) is 35.6 Å². The monoisotopic (exact) mass is 850 g/mol. The third-order valence-corrected chi connectivity index (χ3v) is 12.1. The van der Waals surface area contributed by atoms with Crippen molar-refractivity contribution >= 4 is 0 Å². The number of aliphatic hydroxyl groups is 2. The van der Waals surface area contributed by atoms with Gasteiger partial charge in [-0.15, -0.1) is 0 Å². The van der Waals surface area contributed by atoms with Crippen LogP contribution in [0.5, 0.6) is 23.0 Å². The van der Waals surface area contributed by atoms with E-state index in [-0.39, 0.29) is 5.56 Å². The lowest BCUT2D eigenvalue weighted by molar-refractivity contribution is -0.0499. The third kappa shape index (κ3) is 7.15. The molecule has 2 N–H and O–H groups in total. The summed E-state index contributed by atoms with van der Waals surface area (Å²) in [4.78, 5) is 32.6. The SMILES string of the molecule is COc1ccc(C(c2ccccc2)(c2ccc(OC)cc2)c2cn([C@H]3O[C@@H](CO)C(O)C3F)c(=O)n(C(c3ccccc3)(c3ccc(OC)cc3)c3ccc(OC)cc3)c2=O)cc1. The lowest BCUT2D eigenvalue weighted by Gasteiger charge is -2.41. The van der Waals surface area contributed by atoms with Gasteiger partial charge in [0.2, 0.25) is 0 Å². The van der Waals surface area contributed by atoms with E-state index in [4.69, 9.17) is 23.7 Å². The second kappa shape index (κ2) is 17.8. The zero-order valence-electron chi connectivity index (χ0n) is 35.1. The second-order valence-corrected chi connectivity index (χ2v) is 15.2. The molecular weight excluding hydrogens is 804 g/mol. The molecule has 0 amide bonds. The first-order chi connectivity index (χ1) is 30.7. The number of aliphatic hydroxyl groups excluding tert-OH is 2. The van der Waals surface area contributed by atoms with Crippen molar-refractivity contribution in [3.63, 3.8) is 0 Å². The first-order valence-corrected chi connectivity index (χ1v) is 20.3. The maximum absolute atomic E-state index is 16.7. The maximum atomic E-state index is 16.7. The summed E-state index contributed by atoms with van der Waals surface area (Å²) in [5, 5.41) is 21.3. The van der Waals surface area contributed by atoms with Gasteiger partial charge in [0.1, 0.15) is 40.7 Å². The Bertz CT molecular complexity index is 2670. The zero-order valence-corrected chi connectivity index (χ0v) is 35.1.